The standard InChI is InChI=1S/C16H27N3O4S/c1-12(2)15(16(20)18-11-5-10-17-3)19-24(21,22)14-8-6-13(23-4)7-9-14/h6-9,12,15,17,19H,5,10-11H2,1-4H3,(H,18,20). The van der Waals surface area contributed by atoms with E-state index in [9.17, 15) is 13.2 Å². The van der Waals surface area contributed by atoms with Crippen LogP contribution in [0, 0.1) is 5.92 Å². The number of amides is 1. The Morgan fingerprint density at radius 1 is 1.17 bits per heavy atom. The first-order chi connectivity index (χ1) is 11.3. The summed E-state index contributed by atoms with van der Waals surface area (Å²) in [6.45, 7) is 4.88. The Morgan fingerprint density at radius 2 is 1.79 bits per heavy atom. The molecule has 0 spiro atoms. The average Bonchev–Trinajstić information content (AvgIpc) is 2.56. The molecule has 1 unspecified atom stereocenters. The summed E-state index contributed by atoms with van der Waals surface area (Å²) < 4.78 is 32.5. The molecular formula is C16H27N3O4S. The van der Waals surface area contributed by atoms with Crippen LogP contribution in [0.1, 0.15) is 20.3 Å². The van der Waals surface area contributed by atoms with E-state index in [4.69, 9.17) is 4.74 Å². The van der Waals surface area contributed by atoms with Gasteiger partial charge in [0.1, 0.15) is 11.8 Å². The molecule has 0 aliphatic heterocycles. The molecule has 24 heavy (non-hydrogen) atoms. The van der Waals surface area contributed by atoms with Gasteiger partial charge in [0.2, 0.25) is 15.9 Å². The average molecular weight is 357 g/mol. The molecule has 0 saturated heterocycles. The zero-order chi connectivity index (χ0) is 18.2. The van der Waals surface area contributed by atoms with Crippen LogP contribution in [-0.4, -0.2) is 47.6 Å². The summed E-state index contributed by atoms with van der Waals surface area (Å²) >= 11 is 0. The predicted octanol–water partition coefficient (Wildman–Crippen LogP) is 0.724. The zero-order valence-corrected chi connectivity index (χ0v) is 15.4. The number of hydrogen-bond donors (Lipinski definition) is 3. The van der Waals surface area contributed by atoms with Crippen molar-refractivity contribution in [1.82, 2.24) is 15.4 Å². The molecule has 0 aliphatic carbocycles. The van der Waals surface area contributed by atoms with E-state index < -0.39 is 16.1 Å². The Bertz CT molecular complexity index is 615. The van der Waals surface area contributed by atoms with E-state index in [0.717, 1.165) is 13.0 Å². The molecule has 3 N–H and O–H groups in total. The van der Waals surface area contributed by atoms with Gasteiger partial charge >= 0.3 is 0 Å². The normalized spacial score (nSPS) is 12.9. The summed E-state index contributed by atoms with van der Waals surface area (Å²) in [4.78, 5) is 12.4. The van der Waals surface area contributed by atoms with Gasteiger partial charge < -0.3 is 15.4 Å². The highest BCUT2D eigenvalue weighted by Crippen LogP contribution is 2.16. The summed E-state index contributed by atoms with van der Waals surface area (Å²) in [6, 6.07) is 5.20. The van der Waals surface area contributed by atoms with Gasteiger partial charge in [-0.05, 0) is 50.2 Å². The molecule has 0 aliphatic rings. The monoisotopic (exact) mass is 357 g/mol. The van der Waals surface area contributed by atoms with Gasteiger partial charge in [0, 0.05) is 6.54 Å². The highest BCUT2D eigenvalue weighted by atomic mass is 32.2. The van der Waals surface area contributed by atoms with E-state index >= 15 is 0 Å². The van der Waals surface area contributed by atoms with Crippen molar-refractivity contribution in [1.29, 1.82) is 0 Å². The highest BCUT2D eigenvalue weighted by molar-refractivity contribution is 7.89. The van der Waals surface area contributed by atoms with Gasteiger partial charge in [-0.2, -0.15) is 4.72 Å². The van der Waals surface area contributed by atoms with Gasteiger partial charge in [-0.1, -0.05) is 13.8 Å². The molecule has 1 rings (SSSR count). The molecule has 0 bridgehead atoms. The maximum absolute atomic E-state index is 12.5. The molecule has 1 amide bonds. The topological polar surface area (TPSA) is 96.5 Å². The Hall–Kier alpha value is -1.64. The molecule has 8 heteroatoms. The Balaban J connectivity index is 2.80. The summed E-state index contributed by atoms with van der Waals surface area (Å²) in [5.74, 6) is 0.0668. The third-order valence-electron chi connectivity index (χ3n) is 3.50. The van der Waals surface area contributed by atoms with E-state index in [1.54, 1.807) is 26.0 Å². The summed E-state index contributed by atoms with van der Waals surface area (Å²) in [7, 11) is -0.445. The maximum atomic E-state index is 12.5. The quantitative estimate of drug-likeness (QED) is 0.536. The van der Waals surface area contributed by atoms with Crippen molar-refractivity contribution in [3.05, 3.63) is 24.3 Å². The first-order valence-corrected chi connectivity index (χ1v) is 9.39. The molecule has 136 valence electrons. The Kier molecular flexibility index (Phi) is 8.17. The molecule has 1 aromatic carbocycles. The fraction of sp³-hybridized carbons (Fsp3) is 0.562. The van der Waals surface area contributed by atoms with E-state index in [1.807, 2.05) is 7.05 Å². The van der Waals surface area contributed by atoms with E-state index in [-0.39, 0.29) is 16.7 Å². The zero-order valence-electron chi connectivity index (χ0n) is 14.6. The fourth-order valence-corrected chi connectivity index (χ4v) is 3.41. The molecular weight excluding hydrogens is 330 g/mol. The molecule has 7 nitrogen and oxygen atoms in total. The van der Waals surface area contributed by atoms with Gasteiger partial charge in [0.15, 0.2) is 0 Å². The van der Waals surface area contributed by atoms with Crippen LogP contribution >= 0.6 is 0 Å². The Labute approximate surface area is 144 Å². The van der Waals surface area contributed by atoms with Crippen LogP contribution < -0.4 is 20.1 Å². The van der Waals surface area contributed by atoms with Crippen LogP contribution in [0.4, 0.5) is 0 Å². The number of sulfonamides is 1. The van der Waals surface area contributed by atoms with Gasteiger partial charge in [-0.25, -0.2) is 8.42 Å². The van der Waals surface area contributed by atoms with Crippen LogP contribution in [0.2, 0.25) is 0 Å². The number of rotatable bonds is 10. The van der Waals surface area contributed by atoms with E-state index in [0.29, 0.717) is 12.3 Å². The van der Waals surface area contributed by atoms with Gasteiger partial charge in [-0.3, -0.25) is 4.79 Å². The largest absolute Gasteiger partial charge is 0.497 e. The number of ether oxygens (including phenoxy) is 1. The molecule has 0 saturated carbocycles. The number of methoxy groups -OCH3 is 1. The lowest BCUT2D eigenvalue weighted by Crippen LogP contribution is -2.49. The van der Waals surface area contributed by atoms with Gasteiger partial charge in [0.05, 0.1) is 12.0 Å². The molecule has 0 aromatic heterocycles. The van der Waals surface area contributed by atoms with Crippen LogP contribution in [-0.2, 0) is 14.8 Å². The summed E-state index contributed by atoms with van der Waals surface area (Å²) in [6.07, 6.45) is 0.776. The fourth-order valence-electron chi connectivity index (χ4n) is 2.07. The highest BCUT2D eigenvalue weighted by Gasteiger charge is 2.28. The van der Waals surface area contributed by atoms with Crippen molar-refractivity contribution < 1.29 is 17.9 Å². The summed E-state index contributed by atoms with van der Waals surface area (Å²) in [5.41, 5.74) is 0. The van der Waals surface area contributed by atoms with Crippen LogP contribution in [0.25, 0.3) is 0 Å². The van der Waals surface area contributed by atoms with Crippen molar-refractivity contribution in [2.75, 3.05) is 27.2 Å². The van der Waals surface area contributed by atoms with Crippen molar-refractivity contribution in [3.8, 4) is 5.75 Å². The SMILES string of the molecule is CNCCCNC(=O)C(NS(=O)(=O)c1ccc(OC)cc1)C(C)C. The maximum Gasteiger partial charge on any atom is 0.241 e. The summed E-state index contributed by atoms with van der Waals surface area (Å²) in [5, 5.41) is 5.75. The molecule has 1 atom stereocenters. The van der Waals surface area contributed by atoms with Crippen molar-refractivity contribution >= 4 is 15.9 Å². The van der Waals surface area contributed by atoms with Crippen LogP contribution in [0.5, 0.6) is 5.75 Å². The predicted molar refractivity (Wildman–Crippen MR) is 93.5 cm³/mol. The minimum absolute atomic E-state index is 0.0944. The number of carbonyl (C=O) groups is 1. The second-order valence-electron chi connectivity index (χ2n) is 5.77. The van der Waals surface area contributed by atoms with Gasteiger partial charge in [-0.15, -0.1) is 0 Å². The second-order valence-corrected chi connectivity index (χ2v) is 7.48. The number of benzene rings is 1. The molecule has 0 radical (unpaired) electrons. The number of hydrogen-bond acceptors (Lipinski definition) is 5. The van der Waals surface area contributed by atoms with Crippen LogP contribution in [0.15, 0.2) is 29.2 Å². The minimum Gasteiger partial charge on any atom is -0.497 e. The molecule has 1 aromatic rings. The lowest BCUT2D eigenvalue weighted by molar-refractivity contribution is -0.123. The van der Waals surface area contributed by atoms with Crippen molar-refractivity contribution in [2.24, 2.45) is 5.92 Å². The molecule has 0 heterocycles. The third-order valence-corrected chi connectivity index (χ3v) is 4.96. The number of nitrogens with one attached hydrogen (secondary N) is 3. The van der Waals surface area contributed by atoms with Crippen molar-refractivity contribution in [3.63, 3.8) is 0 Å². The second kappa shape index (κ2) is 9.61. The van der Waals surface area contributed by atoms with E-state index in [2.05, 4.69) is 15.4 Å². The number of carbonyl (C=O) groups excluding carboxylic acids is 1. The Morgan fingerprint density at radius 3 is 2.29 bits per heavy atom. The van der Waals surface area contributed by atoms with Crippen molar-refractivity contribution in [2.45, 2.75) is 31.2 Å². The van der Waals surface area contributed by atoms with Gasteiger partial charge in [0.25, 0.3) is 0 Å². The molecule has 0 fully saturated rings. The lowest BCUT2D eigenvalue weighted by Gasteiger charge is -2.21. The first-order valence-electron chi connectivity index (χ1n) is 7.90. The third kappa shape index (κ3) is 6.10. The lowest BCUT2D eigenvalue weighted by atomic mass is 10.1. The smallest absolute Gasteiger partial charge is 0.241 e. The van der Waals surface area contributed by atoms with Crippen LogP contribution in [0.3, 0.4) is 0 Å². The van der Waals surface area contributed by atoms with E-state index in [1.165, 1.54) is 19.2 Å². The minimum atomic E-state index is -3.79. The first kappa shape index (κ1) is 20.4.